The van der Waals surface area contributed by atoms with Crippen LogP contribution in [0.5, 0.6) is 0 Å². The number of pyridine rings is 1. The molecule has 21 heavy (non-hydrogen) atoms. The van der Waals surface area contributed by atoms with Gasteiger partial charge in [0.25, 0.3) is 0 Å². The van der Waals surface area contributed by atoms with Crippen molar-refractivity contribution in [2.75, 3.05) is 13.1 Å². The second-order valence-corrected chi connectivity index (χ2v) is 6.39. The van der Waals surface area contributed by atoms with E-state index in [0.29, 0.717) is 11.1 Å². The maximum atomic E-state index is 6.33. The standard InChI is InChI=1S/C18H23ClN2/c1-12(2)10-20-11-13(3)8-16-9-15-7-5-6-14(4)17(15)21-18(16)19/h5-9,12,20H,10-11H2,1-4H3. The largest absolute Gasteiger partial charge is 0.313 e. The zero-order chi connectivity index (χ0) is 15.4. The molecule has 0 aliphatic carbocycles. The Morgan fingerprint density at radius 1 is 1.38 bits per heavy atom. The molecule has 1 heterocycles. The highest BCUT2D eigenvalue weighted by atomic mass is 35.5. The molecule has 0 amide bonds. The molecule has 0 atom stereocenters. The van der Waals surface area contributed by atoms with E-state index in [1.807, 2.05) is 0 Å². The number of hydrogen-bond donors (Lipinski definition) is 1. The summed E-state index contributed by atoms with van der Waals surface area (Å²) in [4.78, 5) is 4.54. The van der Waals surface area contributed by atoms with E-state index >= 15 is 0 Å². The summed E-state index contributed by atoms with van der Waals surface area (Å²) in [5.74, 6) is 0.659. The number of halogens is 1. The quantitative estimate of drug-likeness (QED) is 0.799. The molecule has 0 unspecified atom stereocenters. The van der Waals surface area contributed by atoms with Crippen LogP contribution in [-0.4, -0.2) is 18.1 Å². The molecular weight excluding hydrogens is 280 g/mol. The molecule has 2 aromatic rings. The summed E-state index contributed by atoms with van der Waals surface area (Å²) in [5, 5.41) is 5.14. The Balaban J connectivity index is 2.23. The Kier molecular flexibility index (Phi) is 5.38. The summed E-state index contributed by atoms with van der Waals surface area (Å²) in [7, 11) is 0. The molecule has 1 N–H and O–H groups in total. The van der Waals surface area contributed by atoms with Crippen LogP contribution in [0.3, 0.4) is 0 Å². The van der Waals surface area contributed by atoms with Crippen LogP contribution in [-0.2, 0) is 0 Å². The van der Waals surface area contributed by atoms with Crippen molar-refractivity contribution >= 4 is 28.6 Å². The molecule has 0 saturated carbocycles. The molecular formula is C18H23ClN2. The zero-order valence-corrected chi connectivity index (χ0v) is 14.0. The van der Waals surface area contributed by atoms with Gasteiger partial charge < -0.3 is 5.32 Å². The highest BCUT2D eigenvalue weighted by Gasteiger charge is 2.05. The molecule has 1 aromatic heterocycles. The molecule has 0 spiro atoms. The fourth-order valence-electron chi connectivity index (χ4n) is 2.32. The number of benzene rings is 1. The second-order valence-electron chi connectivity index (χ2n) is 6.03. The summed E-state index contributed by atoms with van der Waals surface area (Å²) in [5.41, 5.74) is 4.38. The van der Waals surface area contributed by atoms with E-state index in [9.17, 15) is 0 Å². The van der Waals surface area contributed by atoms with Crippen molar-refractivity contribution in [2.45, 2.75) is 27.7 Å². The summed E-state index contributed by atoms with van der Waals surface area (Å²) < 4.78 is 0. The molecule has 112 valence electrons. The highest BCUT2D eigenvalue weighted by Crippen LogP contribution is 2.24. The van der Waals surface area contributed by atoms with Crippen LogP contribution in [0, 0.1) is 12.8 Å². The number of para-hydroxylation sites is 1. The molecule has 0 radical (unpaired) electrons. The summed E-state index contributed by atoms with van der Waals surface area (Å²) >= 11 is 6.33. The normalized spacial score (nSPS) is 12.4. The lowest BCUT2D eigenvalue weighted by atomic mass is 10.1. The maximum absolute atomic E-state index is 6.33. The third-order valence-electron chi connectivity index (χ3n) is 3.39. The highest BCUT2D eigenvalue weighted by molar-refractivity contribution is 6.31. The van der Waals surface area contributed by atoms with Crippen molar-refractivity contribution < 1.29 is 0 Å². The van der Waals surface area contributed by atoms with Crippen LogP contribution in [0.1, 0.15) is 31.9 Å². The summed E-state index contributed by atoms with van der Waals surface area (Å²) in [6.45, 7) is 10.5. The van der Waals surface area contributed by atoms with Gasteiger partial charge in [-0.25, -0.2) is 4.98 Å². The topological polar surface area (TPSA) is 24.9 Å². The van der Waals surface area contributed by atoms with Crippen molar-refractivity contribution in [3.63, 3.8) is 0 Å². The average molecular weight is 303 g/mol. The number of nitrogens with zero attached hydrogens (tertiary/aromatic N) is 1. The Bertz CT molecular complexity index is 660. The average Bonchev–Trinajstić information content (AvgIpc) is 2.40. The number of hydrogen-bond acceptors (Lipinski definition) is 2. The summed E-state index contributed by atoms with van der Waals surface area (Å²) in [6.07, 6.45) is 2.12. The van der Waals surface area contributed by atoms with Crippen molar-refractivity contribution in [3.8, 4) is 0 Å². The Hall–Kier alpha value is -1.38. The molecule has 0 aliphatic rings. The van der Waals surface area contributed by atoms with Crippen LogP contribution in [0.15, 0.2) is 29.8 Å². The van der Waals surface area contributed by atoms with Gasteiger partial charge in [-0.2, -0.15) is 0 Å². The first kappa shape index (κ1) is 16.0. The van der Waals surface area contributed by atoms with Crippen LogP contribution in [0.4, 0.5) is 0 Å². The fraction of sp³-hybridized carbons (Fsp3) is 0.389. The number of fused-ring (bicyclic) bond motifs is 1. The van der Waals surface area contributed by atoms with Crippen LogP contribution < -0.4 is 5.32 Å². The van der Waals surface area contributed by atoms with Crippen molar-refractivity contribution in [1.82, 2.24) is 10.3 Å². The van der Waals surface area contributed by atoms with Crippen LogP contribution in [0.25, 0.3) is 17.0 Å². The smallest absolute Gasteiger partial charge is 0.137 e. The molecule has 3 heteroatoms. The van der Waals surface area contributed by atoms with Crippen molar-refractivity contribution in [3.05, 3.63) is 46.1 Å². The van der Waals surface area contributed by atoms with E-state index in [-0.39, 0.29) is 0 Å². The van der Waals surface area contributed by atoms with E-state index in [1.165, 1.54) is 5.57 Å². The van der Waals surface area contributed by atoms with Gasteiger partial charge in [-0.05, 0) is 37.9 Å². The van der Waals surface area contributed by atoms with Gasteiger partial charge in [0.05, 0.1) is 5.52 Å². The monoisotopic (exact) mass is 302 g/mol. The number of rotatable bonds is 5. The van der Waals surface area contributed by atoms with Gasteiger partial charge in [-0.15, -0.1) is 0 Å². The van der Waals surface area contributed by atoms with Gasteiger partial charge in [0.1, 0.15) is 5.15 Å². The minimum Gasteiger partial charge on any atom is -0.313 e. The SMILES string of the molecule is CC(=Cc1cc2cccc(C)c2nc1Cl)CNCC(C)C. The Morgan fingerprint density at radius 2 is 2.14 bits per heavy atom. The van der Waals surface area contributed by atoms with E-state index in [1.54, 1.807) is 0 Å². The minimum absolute atomic E-state index is 0.569. The van der Waals surface area contributed by atoms with E-state index in [2.05, 4.69) is 68.3 Å². The molecule has 0 fully saturated rings. The van der Waals surface area contributed by atoms with Crippen molar-refractivity contribution in [1.29, 1.82) is 0 Å². The van der Waals surface area contributed by atoms with E-state index < -0.39 is 0 Å². The first-order valence-electron chi connectivity index (χ1n) is 7.41. The van der Waals surface area contributed by atoms with Gasteiger partial charge in [0.15, 0.2) is 0 Å². The third kappa shape index (κ3) is 4.29. The molecule has 1 aromatic carbocycles. The Morgan fingerprint density at radius 3 is 2.86 bits per heavy atom. The first-order chi connectivity index (χ1) is 9.97. The lowest BCUT2D eigenvalue weighted by Gasteiger charge is -2.09. The summed E-state index contributed by atoms with van der Waals surface area (Å²) in [6, 6.07) is 8.30. The lowest BCUT2D eigenvalue weighted by Crippen LogP contribution is -2.21. The Labute approximate surface area is 132 Å². The van der Waals surface area contributed by atoms with E-state index in [0.717, 1.165) is 35.1 Å². The predicted octanol–water partition coefficient (Wildman–Crippen LogP) is 4.85. The van der Waals surface area contributed by atoms with Crippen molar-refractivity contribution in [2.24, 2.45) is 5.92 Å². The molecule has 0 saturated heterocycles. The van der Waals surface area contributed by atoms with Gasteiger partial charge in [0.2, 0.25) is 0 Å². The first-order valence-corrected chi connectivity index (χ1v) is 7.79. The van der Waals surface area contributed by atoms with Gasteiger partial charge in [-0.1, -0.05) is 55.3 Å². The molecule has 2 nitrogen and oxygen atoms in total. The zero-order valence-electron chi connectivity index (χ0n) is 13.2. The second kappa shape index (κ2) is 7.06. The number of aromatic nitrogens is 1. The van der Waals surface area contributed by atoms with Gasteiger partial charge in [0, 0.05) is 17.5 Å². The predicted molar refractivity (Wildman–Crippen MR) is 92.8 cm³/mol. The maximum Gasteiger partial charge on any atom is 0.137 e. The molecule has 0 aliphatic heterocycles. The van der Waals surface area contributed by atoms with E-state index in [4.69, 9.17) is 11.6 Å². The van der Waals surface area contributed by atoms with Crippen LogP contribution in [0.2, 0.25) is 5.15 Å². The lowest BCUT2D eigenvalue weighted by molar-refractivity contribution is 0.572. The molecule has 2 rings (SSSR count). The minimum atomic E-state index is 0.569. The fourth-order valence-corrected chi connectivity index (χ4v) is 2.51. The number of aryl methyl sites for hydroxylation is 1. The van der Waals surface area contributed by atoms with Gasteiger partial charge >= 0.3 is 0 Å². The van der Waals surface area contributed by atoms with Gasteiger partial charge in [-0.3, -0.25) is 0 Å². The number of nitrogens with one attached hydrogen (secondary N) is 1. The third-order valence-corrected chi connectivity index (χ3v) is 3.69. The molecule has 0 bridgehead atoms. The van der Waals surface area contributed by atoms with Crippen LogP contribution >= 0.6 is 11.6 Å².